The molecule has 210 valence electrons. The molecule has 2 aromatic rings. The predicted molar refractivity (Wildman–Crippen MR) is 139 cm³/mol. The average Bonchev–Trinajstić information content (AvgIpc) is 2.91. The summed E-state index contributed by atoms with van der Waals surface area (Å²) < 4.78 is 5.45. The zero-order valence-corrected chi connectivity index (χ0v) is 21.9. The van der Waals surface area contributed by atoms with Gasteiger partial charge in [0.1, 0.15) is 11.8 Å². The summed E-state index contributed by atoms with van der Waals surface area (Å²) in [5, 5.41) is 42.0. The van der Waals surface area contributed by atoms with Crippen molar-refractivity contribution >= 4 is 48.3 Å². The molecule has 40 heavy (non-hydrogen) atoms. The molecule has 0 bridgehead atoms. The number of carbonyl (C=O) groups excluding carboxylic acids is 4. The van der Waals surface area contributed by atoms with Crippen molar-refractivity contribution in [3.63, 3.8) is 0 Å². The first-order chi connectivity index (χ1) is 18.9. The number of amides is 4. The number of aromatic carboxylic acids is 1. The maximum absolute atomic E-state index is 13.6. The Morgan fingerprint density at radius 1 is 1.18 bits per heavy atom. The van der Waals surface area contributed by atoms with Gasteiger partial charge in [0, 0.05) is 31.9 Å². The fourth-order valence-electron chi connectivity index (χ4n) is 4.70. The van der Waals surface area contributed by atoms with Crippen molar-refractivity contribution in [1.82, 2.24) is 15.1 Å². The maximum Gasteiger partial charge on any atom is 0.526 e. The van der Waals surface area contributed by atoms with E-state index in [1.165, 1.54) is 17.0 Å². The molecule has 0 spiro atoms. The highest BCUT2D eigenvalue weighted by atomic mass is 35.5. The Kier molecular flexibility index (Phi) is 8.21. The number of Topliss-reactive ketones (excluding diaryl/α,β-unsaturated/α-hetero) is 1. The Morgan fingerprint density at radius 2 is 1.90 bits per heavy atom. The molecule has 2 atom stereocenters. The number of fused-ring (bicyclic) bond motifs is 1. The van der Waals surface area contributed by atoms with Crippen LogP contribution in [-0.4, -0.2) is 86.5 Å². The lowest BCUT2D eigenvalue weighted by atomic mass is 9.64. The lowest BCUT2D eigenvalue weighted by molar-refractivity contribution is -0.153. The summed E-state index contributed by atoms with van der Waals surface area (Å²) in [6.07, 6.45) is -0.323. The normalized spacial score (nSPS) is 17.7. The summed E-state index contributed by atoms with van der Waals surface area (Å²) >= 11 is 5.98. The summed E-state index contributed by atoms with van der Waals surface area (Å²) in [6, 6.07) is 4.00. The minimum absolute atomic E-state index is 0.0132. The van der Waals surface area contributed by atoms with Crippen molar-refractivity contribution in [2.24, 2.45) is 0 Å². The second-order valence-corrected chi connectivity index (χ2v) is 9.74. The zero-order chi connectivity index (χ0) is 29.3. The molecule has 0 aliphatic carbocycles. The monoisotopic (exact) mass is 573 g/mol. The van der Waals surface area contributed by atoms with Gasteiger partial charge >= 0.3 is 30.9 Å². The largest absolute Gasteiger partial charge is 0.535 e. The molecular weight excluding hydrogens is 549 g/mol. The summed E-state index contributed by atoms with van der Waals surface area (Å²) in [7, 11) is -1.56. The number of nitrogens with zero attached hydrogens (tertiary/aromatic N) is 2. The highest BCUT2D eigenvalue weighted by Crippen LogP contribution is 2.39. The van der Waals surface area contributed by atoms with Crippen molar-refractivity contribution in [2.75, 3.05) is 19.6 Å². The number of phenols is 2. The summed E-state index contributed by atoms with van der Waals surface area (Å²) in [4.78, 5) is 64.9. The van der Waals surface area contributed by atoms with Crippen LogP contribution in [0.1, 0.15) is 40.9 Å². The molecule has 4 amide bonds. The molecular formula is C25H25BClN3O10. The van der Waals surface area contributed by atoms with E-state index in [1.54, 1.807) is 13.0 Å². The third-order valence-corrected chi connectivity index (χ3v) is 7.13. The van der Waals surface area contributed by atoms with Gasteiger partial charge in [0.2, 0.25) is 0 Å². The summed E-state index contributed by atoms with van der Waals surface area (Å²) in [6.45, 7) is 1.93. The molecule has 0 saturated carbocycles. The SMILES string of the molecule is CCN1CCN(C(=O)NC(C(=O)C[C@H]2Cc3cccc(C(=O)O)c3OB2O)c2cc(O)c(O)c(Cl)c2)C(=O)C1=O. The minimum atomic E-state index is -1.56. The number of aromatic hydroxyl groups is 2. The van der Waals surface area contributed by atoms with Crippen molar-refractivity contribution in [2.45, 2.75) is 31.6 Å². The number of imide groups is 1. The average molecular weight is 574 g/mol. The number of carbonyl (C=O) groups is 5. The van der Waals surface area contributed by atoms with Crippen LogP contribution in [0.5, 0.6) is 17.2 Å². The molecule has 1 unspecified atom stereocenters. The van der Waals surface area contributed by atoms with Crippen molar-refractivity contribution in [3.05, 3.63) is 52.0 Å². The number of carboxylic acids is 1. The van der Waals surface area contributed by atoms with Gasteiger partial charge in [-0.15, -0.1) is 0 Å². The first-order valence-electron chi connectivity index (χ1n) is 12.3. The first-order valence-corrected chi connectivity index (χ1v) is 12.7. The molecule has 2 aliphatic heterocycles. The first kappa shape index (κ1) is 28.7. The smallest absolute Gasteiger partial charge is 0.526 e. The van der Waals surface area contributed by atoms with Gasteiger partial charge in [0.25, 0.3) is 0 Å². The van der Waals surface area contributed by atoms with E-state index >= 15 is 0 Å². The second-order valence-electron chi connectivity index (χ2n) is 9.34. The number of phenolic OH excluding ortho intramolecular Hbond substituents is 2. The molecule has 4 rings (SSSR count). The number of carboxylic acid groups (broad SMARTS) is 1. The highest BCUT2D eigenvalue weighted by molar-refractivity contribution is 6.47. The lowest BCUT2D eigenvalue weighted by Gasteiger charge is -2.33. The number of hydrogen-bond donors (Lipinski definition) is 5. The van der Waals surface area contributed by atoms with Crippen molar-refractivity contribution in [3.8, 4) is 17.2 Å². The van der Waals surface area contributed by atoms with E-state index in [0.29, 0.717) is 10.5 Å². The van der Waals surface area contributed by atoms with Crippen LogP contribution in [0.25, 0.3) is 0 Å². The molecule has 1 saturated heterocycles. The molecule has 2 aromatic carbocycles. The zero-order valence-electron chi connectivity index (χ0n) is 21.2. The van der Waals surface area contributed by atoms with Crippen LogP contribution >= 0.6 is 11.6 Å². The minimum Gasteiger partial charge on any atom is -0.535 e. The van der Waals surface area contributed by atoms with E-state index in [9.17, 15) is 44.3 Å². The standard InChI is InChI=1S/C25H25BClN3O10/c1-2-29-6-7-30(23(35)22(29)34)25(38)28-19(13-9-16(27)20(33)18(32)10-13)17(31)11-14-8-12-4-3-5-15(24(36)37)21(12)40-26(14)39/h3-5,9-10,14,19,32-33,39H,2,6-8,11H2,1H3,(H,28,38)(H,36,37)/t14-,19?/m1/s1. The fourth-order valence-corrected chi connectivity index (χ4v) is 4.92. The molecule has 0 aromatic heterocycles. The Morgan fingerprint density at radius 3 is 2.55 bits per heavy atom. The number of likely N-dealkylation sites (N-methyl/N-ethyl adjacent to an activating group) is 1. The van der Waals surface area contributed by atoms with Gasteiger partial charge in [0.05, 0.1) is 10.6 Å². The maximum atomic E-state index is 13.6. The summed E-state index contributed by atoms with van der Waals surface area (Å²) in [5.74, 6) is -6.09. The highest BCUT2D eigenvalue weighted by Gasteiger charge is 2.41. The molecule has 15 heteroatoms. The van der Waals surface area contributed by atoms with Gasteiger partial charge in [-0.3, -0.25) is 19.3 Å². The van der Waals surface area contributed by atoms with Crippen LogP contribution < -0.4 is 9.97 Å². The van der Waals surface area contributed by atoms with E-state index in [4.69, 9.17) is 16.3 Å². The quantitative estimate of drug-likeness (QED) is 0.183. The van der Waals surface area contributed by atoms with Crippen molar-refractivity contribution in [1.29, 1.82) is 0 Å². The van der Waals surface area contributed by atoms with Crippen LogP contribution in [0.4, 0.5) is 4.79 Å². The van der Waals surface area contributed by atoms with Crippen LogP contribution in [0, 0.1) is 0 Å². The predicted octanol–water partition coefficient (Wildman–Crippen LogP) is 1.34. The Balaban J connectivity index is 1.60. The third kappa shape index (κ3) is 5.54. The Labute approximate surface area is 233 Å². The van der Waals surface area contributed by atoms with Gasteiger partial charge in [-0.2, -0.15) is 0 Å². The van der Waals surface area contributed by atoms with Gasteiger partial charge in [-0.25, -0.2) is 9.59 Å². The number of halogens is 1. The molecule has 13 nitrogen and oxygen atoms in total. The number of piperazine rings is 1. The van der Waals surface area contributed by atoms with E-state index in [2.05, 4.69) is 5.32 Å². The van der Waals surface area contributed by atoms with Crippen LogP contribution in [0.3, 0.4) is 0 Å². The fraction of sp³-hybridized carbons (Fsp3) is 0.320. The van der Waals surface area contributed by atoms with E-state index in [0.717, 1.165) is 12.1 Å². The van der Waals surface area contributed by atoms with Gasteiger partial charge in [-0.1, -0.05) is 23.7 Å². The molecule has 2 heterocycles. The summed E-state index contributed by atoms with van der Waals surface area (Å²) in [5.41, 5.74) is 0.263. The number of para-hydroxylation sites is 1. The number of urea groups is 1. The third-order valence-electron chi connectivity index (χ3n) is 6.84. The van der Waals surface area contributed by atoms with Gasteiger partial charge < -0.3 is 35.2 Å². The van der Waals surface area contributed by atoms with Crippen LogP contribution in [-0.2, 0) is 20.8 Å². The number of ketones is 1. The molecule has 5 N–H and O–H groups in total. The van der Waals surface area contributed by atoms with Crippen LogP contribution in [0.2, 0.25) is 10.8 Å². The number of nitrogens with one attached hydrogen (secondary N) is 1. The lowest BCUT2D eigenvalue weighted by Crippen LogP contribution is -2.58. The van der Waals surface area contributed by atoms with Crippen molar-refractivity contribution < 1.29 is 49.0 Å². The van der Waals surface area contributed by atoms with Gasteiger partial charge in [-0.05, 0) is 42.7 Å². The topological polar surface area (TPSA) is 194 Å². The van der Waals surface area contributed by atoms with Crippen LogP contribution in [0.15, 0.2) is 30.3 Å². The number of hydrogen-bond acceptors (Lipinski definition) is 9. The molecule has 2 aliphatic rings. The number of benzene rings is 2. The molecule has 0 radical (unpaired) electrons. The van der Waals surface area contributed by atoms with E-state index in [1.807, 2.05) is 0 Å². The number of rotatable bonds is 7. The Hall–Kier alpha value is -4.30. The molecule has 1 fully saturated rings. The van der Waals surface area contributed by atoms with E-state index in [-0.39, 0.29) is 48.0 Å². The second kappa shape index (κ2) is 11.4. The van der Waals surface area contributed by atoms with E-state index < -0.39 is 66.5 Å². The van der Waals surface area contributed by atoms with Gasteiger partial charge in [0.15, 0.2) is 17.3 Å². The Bertz CT molecular complexity index is 1380.